The van der Waals surface area contributed by atoms with Crippen molar-refractivity contribution in [3.05, 3.63) is 97.2 Å². The number of hydrogen-bond acceptors (Lipinski definition) is 6. The van der Waals surface area contributed by atoms with Gasteiger partial charge in [-0.1, -0.05) is 36.4 Å². The Bertz CT molecular complexity index is 1540. The van der Waals surface area contributed by atoms with E-state index in [0.717, 1.165) is 59.3 Å². The predicted molar refractivity (Wildman–Crippen MR) is 147 cm³/mol. The van der Waals surface area contributed by atoms with Gasteiger partial charge in [-0.05, 0) is 67.6 Å². The number of fused-ring (bicyclic) bond motifs is 1. The smallest absolute Gasteiger partial charge is 0.270 e. The summed E-state index contributed by atoms with van der Waals surface area (Å²) < 4.78 is 8.19. The number of nitrogen functional groups attached to an aromatic ring is 1. The fourth-order valence-electron chi connectivity index (χ4n) is 5.19. The van der Waals surface area contributed by atoms with Crippen LogP contribution in [0.4, 0.5) is 5.82 Å². The summed E-state index contributed by atoms with van der Waals surface area (Å²) in [6.07, 6.45) is 8.90. The summed E-state index contributed by atoms with van der Waals surface area (Å²) in [6.45, 7) is 0. The molecule has 8 heteroatoms. The molecule has 0 radical (unpaired) electrons. The Morgan fingerprint density at radius 3 is 2.34 bits per heavy atom. The van der Waals surface area contributed by atoms with E-state index in [2.05, 4.69) is 31.0 Å². The molecule has 0 spiro atoms. The molecule has 190 valence electrons. The number of nitrogens with one attached hydrogen (secondary N) is 1. The topological polar surface area (TPSA) is 108 Å². The Hall–Kier alpha value is -4.72. The number of carbonyl (C=O) groups is 1. The summed E-state index contributed by atoms with van der Waals surface area (Å²) in [4.78, 5) is 25.6. The molecule has 38 heavy (non-hydrogen) atoms. The zero-order valence-electron chi connectivity index (χ0n) is 20.8. The quantitative estimate of drug-likeness (QED) is 0.303. The monoisotopic (exact) mass is 504 g/mol. The first-order valence-electron chi connectivity index (χ1n) is 12.8. The van der Waals surface area contributed by atoms with E-state index in [-0.39, 0.29) is 18.0 Å². The van der Waals surface area contributed by atoms with Crippen LogP contribution < -0.4 is 15.8 Å². The van der Waals surface area contributed by atoms with Crippen molar-refractivity contribution in [2.24, 2.45) is 0 Å². The van der Waals surface area contributed by atoms with Crippen LogP contribution in [0.2, 0.25) is 0 Å². The van der Waals surface area contributed by atoms with Crippen LogP contribution in [-0.2, 0) is 0 Å². The Balaban J connectivity index is 1.21. The van der Waals surface area contributed by atoms with Crippen molar-refractivity contribution in [2.75, 3.05) is 5.73 Å². The van der Waals surface area contributed by atoms with Gasteiger partial charge in [0.05, 0.1) is 5.39 Å². The average molecular weight is 505 g/mol. The largest absolute Gasteiger partial charge is 0.457 e. The van der Waals surface area contributed by atoms with E-state index in [9.17, 15) is 4.79 Å². The number of nitrogens with zero attached hydrogens (tertiary/aromatic N) is 4. The van der Waals surface area contributed by atoms with Crippen LogP contribution in [0.1, 0.15) is 42.2 Å². The maximum atomic E-state index is 12.5. The molecule has 1 aliphatic carbocycles. The third-order valence-corrected chi connectivity index (χ3v) is 7.11. The maximum absolute atomic E-state index is 12.5. The van der Waals surface area contributed by atoms with E-state index in [0.29, 0.717) is 11.5 Å². The van der Waals surface area contributed by atoms with Crippen molar-refractivity contribution in [1.29, 1.82) is 0 Å². The highest BCUT2D eigenvalue weighted by Gasteiger charge is 2.27. The van der Waals surface area contributed by atoms with Crippen molar-refractivity contribution in [2.45, 2.75) is 37.8 Å². The van der Waals surface area contributed by atoms with Crippen LogP contribution in [0.15, 0.2) is 91.5 Å². The number of carbonyl (C=O) groups excluding carboxylic acids is 1. The van der Waals surface area contributed by atoms with Gasteiger partial charge in [0.15, 0.2) is 0 Å². The number of amides is 1. The molecular formula is C30H28N6O2. The van der Waals surface area contributed by atoms with Gasteiger partial charge in [-0.25, -0.2) is 9.97 Å². The number of para-hydroxylation sites is 1. The molecule has 1 amide bonds. The lowest BCUT2D eigenvalue weighted by molar-refractivity contribution is 0.0917. The minimum atomic E-state index is -0.122. The van der Waals surface area contributed by atoms with Crippen LogP contribution in [0.5, 0.6) is 11.5 Å². The second kappa shape index (κ2) is 10.3. The minimum absolute atomic E-state index is 0.122. The molecular weight excluding hydrogens is 476 g/mol. The summed E-state index contributed by atoms with van der Waals surface area (Å²) >= 11 is 0. The predicted octanol–water partition coefficient (Wildman–Crippen LogP) is 5.78. The fourth-order valence-corrected chi connectivity index (χ4v) is 5.19. The van der Waals surface area contributed by atoms with Crippen LogP contribution in [0.3, 0.4) is 0 Å². The van der Waals surface area contributed by atoms with Gasteiger partial charge < -0.3 is 20.4 Å². The number of rotatable bonds is 6. The van der Waals surface area contributed by atoms with Crippen molar-refractivity contribution < 1.29 is 9.53 Å². The first kappa shape index (κ1) is 23.7. The van der Waals surface area contributed by atoms with Crippen molar-refractivity contribution in [1.82, 2.24) is 24.8 Å². The number of pyridine rings is 1. The van der Waals surface area contributed by atoms with Gasteiger partial charge in [0.25, 0.3) is 5.91 Å². The molecule has 0 aliphatic heterocycles. The van der Waals surface area contributed by atoms with Gasteiger partial charge in [0, 0.05) is 30.0 Å². The summed E-state index contributed by atoms with van der Waals surface area (Å²) in [5.74, 6) is 1.90. The Kier molecular flexibility index (Phi) is 6.44. The molecule has 0 bridgehead atoms. The summed E-state index contributed by atoms with van der Waals surface area (Å²) in [7, 11) is 0. The van der Waals surface area contributed by atoms with E-state index in [1.807, 2.05) is 60.7 Å². The lowest BCUT2D eigenvalue weighted by atomic mass is 9.91. The highest BCUT2D eigenvalue weighted by atomic mass is 16.5. The van der Waals surface area contributed by atoms with E-state index in [4.69, 9.17) is 10.5 Å². The Morgan fingerprint density at radius 1 is 0.868 bits per heavy atom. The van der Waals surface area contributed by atoms with Crippen LogP contribution in [0.25, 0.3) is 22.2 Å². The standard InChI is InChI=1S/C30H28N6O2/c31-28-27-25(20-9-15-24(16-10-20)38-23-6-2-1-3-7-23)18-36(29(27)34-19-33-28)22-13-11-21(12-14-22)35-30(37)26-8-4-5-17-32-26/h1-10,15-19,21-22H,11-14H2,(H,35,37)(H2,31,33,34). The molecule has 8 nitrogen and oxygen atoms in total. The minimum Gasteiger partial charge on any atom is -0.457 e. The summed E-state index contributed by atoms with van der Waals surface area (Å²) in [5, 5.41) is 4.00. The molecule has 5 aromatic rings. The van der Waals surface area contributed by atoms with Gasteiger partial charge in [-0.2, -0.15) is 0 Å². The highest BCUT2D eigenvalue weighted by molar-refractivity contribution is 6.00. The summed E-state index contributed by atoms with van der Waals surface area (Å²) in [5.41, 5.74) is 9.65. The molecule has 0 unspecified atom stereocenters. The zero-order valence-corrected chi connectivity index (χ0v) is 20.8. The molecule has 6 rings (SSSR count). The van der Waals surface area contributed by atoms with Crippen LogP contribution in [-0.4, -0.2) is 31.5 Å². The number of aromatic nitrogens is 4. The normalized spacial score (nSPS) is 17.3. The van der Waals surface area contributed by atoms with Crippen LogP contribution in [0, 0.1) is 0 Å². The lowest BCUT2D eigenvalue weighted by Gasteiger charge is -2.30. The Labute approximate surface area is 220 Å². The molecule has 3 heterocycles. The molecule has 3 aromatic heterocycles. The van der Waals surface area contributed by atoms with E-state index in [1.54, 1.807) is 18.3 Å². The number of hydrogen-bond donors (Lipinski definition) is 2. The van der Waals surface area contributed by atoms with Crippen molar-refractivity contribution in [3.63, 3.8) is 0 Å². The van der Waals surface area contributed by atoms with Crippen molar-refractivity contribution in [3.8, 4) is 22.6 Å². The number of benzene rings is 2. The lowest BCUT2D eigenvalue weighted by Crippen LogP contribution is -2.38. The number of anilines is 1. The van der Waals surface area contributed by atoms with Gasteiger partial charge >= 0.3 is 0 Å². The summed E-state index contributed by atoms with van der Waals surface area (Å²) in [6, 6.07) is 23.4. The second-order valence-electron chi connectivity index (χ2n) is 9.54. The molecule has 2 aromatic carbocycles. The number of nitrogens with two attached hydrogens (primary N) is 1. The first-order valence-corrected chi connectivity index (χ1v) is 12.8. The van der Waals surface area contributed by atoms with E-state index < -0.39 is 0 Å². The SMILES string of the molecule is Nc1ncnc2c1c(-c1ccc(Oc3ccccc3)cc1)cn2C1CCC(NC(=O)c2ccccn2)CC1. The van der Waals surface area contributed by atoms with Gasteiger partial charge in [-0.15, -0.1) is 0 Å². The van der Waals surface area contributed by atoms with E-state index >= 15 is 0 Å². The first-order chi connectivity index (χ1) is 18.7. The third kappa shape index (κ3) is 4.80. The highest BCUT2D eigenvalue weighted by Crippen LogP contribution is 2.38. The van der Waals surface area contributed by atoms with Gasteiger partial charge in [-0.3, -0.25) is 9.78 Å². The third-order valence-electron chi connectivity index (χ3n) is 7.11. The maximum Gasteiger partial charge on any atom is 0.270 e. The van der Waals surface area contributed by atoms with Gasteiger partial charge in [0.1, 0.15) is 35.0 Å². The van der Waals surface area contributed by atoms with Gasteiger partial charge in [0.2, 0.25) is 0 Å². The number of ether oxygens (including phenoxy) is 1. The molecule has 3 N–H and O–H groups in total. The molecule has 1 aliphatic rings. The van der Waals surface area contributed by atoms with Crippen molar-refractivity contribution >= 4 is 22.8 Å². The second-order valence-corrected chi connectivity index (χ2v) is 9.54. The molecule has 0 atom stereocenters. The molecule has 0 saturated heterocycles. The van der Waals surface area contributed by atoms with Crippen LogP contribution >= 0.6 is 0 Å². The molecule has 1 fully saturated rings. The Morgan fingerprint density at radius 2 is 1.61 bits per heavy atom. The average Bonchev–Trinajstić information content (AvgIpc) is 3.36. The molecule has 1 saturated carbocycles. The van der Waals surface area contributed by atoms with E-state index in [1.165, 1.54) is 6.33 Å². The fraction of sp³-hybridized carbons (Fsp3) is 0.200. The zero-order chi connectivity index (χ0) is 25.9.